The first-order valence-electron chi connectivity index (χ1n) is 13.0. The van der Waals surface area contributed by atoms with Gasteiger partial charge in [-0.05, 0) is 73.0 Å². The number of hydrogen-bond acceptors (Lipinski definition) is 8. The molecule has 198 valence electrons. The summed E-state index contributed by atoms with van der Waals surface area (Å²) in [5.74, 6) is -0.591. The lowest BCUT2D eigenvalue weighted by Crippen LogP contribution is -2.48. The maximum absolute atomic E-state index is 11.8. The summed E-state index contributed by atoms with van der Waals surface area (Å²) in [5, 5.41) is 25.4. The van der Waals surface area contributed by atoms with Gasteiger partial charge in [-0.3, -0.25) is 4.90 Å². The van der Waals surface area contributed by atoms with E-state index in [4.69, 9.17) is 9.47 Å². The smallest absolute Gasteiger partial charge is 0.338 e. The Morgan fingerprint density at radius 1 is 0.946 bits per heavy atom. The fourth-order valence-electron chi connectivity index (χ4n) is 6.15. The first-order chi connectivity index (χ1) is 17.7. The molecule has 1 fully saturated rings. The fourth-order valence-corrected chi connectivity index (χ4v) is 6.15. The SMILES string of the molecule is Cc1c([C@@H](O)CNCC2(C)CCCN(C[C@H](O)c3ccc4c(c3C)COC4=O)C2)ccc2c1COC2=O. The first kappa shape index (κ1) is 25.9. The minimum Gasteiger partial charge on any atom is -0.457 e. The minimum atomic E-state index is -0.676. The van der Waals surface area contributed by atoms with Crippen LogP contribution in [0.2, 0.25) is 0 Å². The Labute approximate surface area is 217 Å². The number of β-amino-alcohol motifs (C(OH)–C–C–N with tert-alkyl or cyclic N) is 1. The summed E-state index contributed by atoms with van der Waals surface area (Å²) in [6.45, 7) is 10.1. The number of hydrogen-bond donors (Lipinski definition) is 3. The standard InChI is InChI=1S/C29H36N2O6/c1-17-19(5-7-21-23(17)13-36-27(21)34)25(32)11-30-15-29(3)9-4-10-31(16-29)12-26(33)20-6-8-22-24(18(20)2)14-37-28(22)35/h5-8,25-26,30,32-33H,4,9-16H2,1-3H3/t25-,26-,29?/m0/s1. The molecule has 0 aromatic heterocycles. The number of ether oxygens (including phenoxy) is 2. The van der Waals surface area contributed by atoms with E-state index in [0.29, 0.717) is 24.2 Å². The second kappa shape index (κ2) is 10.2. The lowest BCUT2D eigenvalue weighted by atomic mass is 9.81. The highest BCUT2D eigenvalue weighted by Crippen LogP contribution is 2.33. The molecule has 0 aliphatic carbocycles. The van der Waals surface area contributed by atoms with Crippen LogP contribution in [0, 0.1) is 19.3 Å². The van der Waals surface area contributed by atoms with E-state index in [9.17, 15) is 19.8 Å². The summed E-state index contributed by atoms with van der Waals surface area (Å²) in [7, 11) is 0. The summed E-state index contributed by atoms with van der Waals surface area (Å²) in [4.78, 5) is 25.9. The third kappa shape index (κ3) is 5.03. The molecule has 3 N–H and O–H groups in total. The summed E-state index contributed by atoms with van der Waals surface area (Å²) in [6, 6.07) is 7.18. The zero-order chi connectivity index (χ0) is 26.3. The maximum Gasteiger partial charge on any atom is 0.338 e. The monoisotopic (exact) mass is 508 g/mol. The molecular weight excluding hydrogens is 472 g/mol. The van der Waals surface area contributed by atoms with E-state index in [1.165, 1.54) is 0 Å². The molecule has 0 amide bonds. The van der Waals surface area contributed by atoms with Crippen molar-refractivity contribution in [1.82, 2.24) is 10.2 Å². The maximum atomic E-state index is 11.8. The molecule has 5 rings (SSSR count). The van der Waals surface area contributed by atoms with E-state index >= 15 is 0 Å². The Bertz CT molecular complexity index is 1230. The number of carbonyl (C=O) groups excluding carboxylic acids is 2. The highest BCUT2D eigenvalue weighted by Gasteiger charge is 2.33. The van der Waals surface area contributed by atoms with Crippen LogP contribution in [0.3, 0.4) is 0 Å². The van der Waals surface area contributed by atoms with E-state index in [1.54, 1.807) is 12.1 Å². The molecule has 1 unspecified atom stereocenters. The molecule has 2 aromatic carbocycles. The van der Waals surface area contributed by atoms with E-state index in [2.05, 4.69) is 17.1 Å². The molecule has 2 aromatic rings. The van der Waals surface area contributed by atoms with Gasteiger partial charge in [0.2, 0.25) is 0 Å². The van der Waals surface area contributed by atoms with Crippen molar-refractivity contribution in [2.75, 3.05) is 32.7 Å². The number of carbonyl (C=O) groups is 2. The van der Waals surface area contributed by atoms with Crippen LogP contribution >= 0.6 is 0 Å². The third-order valence-electron chi connectivity index (χ3n) is 8.31. The summed E-state index contributed by atoms with van der Waals surface area (Å²) < 4.78 is 10.3. The van der Waals surface area contributed by atoms with Gasteiger partial charge in [-0.25, -0.2) is 9.59 Å². The fraction of sp³-hybridized carbons (Fsp3) is 0.517. The number of fused-ring (bicyclic) bond motifs is 2. The van der Waals surface area contributed by atoms with Crippen molar-refractivity contribution in [3.05, 3.63) is 68.8 Å². The van der Waals surface area contributed by atoms with Crippen molar-refractivity contribution in [2.24, 2.45) is 5.41 Å². The van der Waals surface area contributed by atoms with Crippen molar-refractivity contribution in [3.63, 3.8) is 0 Å². The molecule has 8 nitrogen and oxygen atoms in total. The molecule has 0 saturated carbocycles. The van der Waals surface area contributed by atoms with E-state index < -0.39 is 12.2 Å². The average molecular weight is 509 g/mol. The van der Waals surface area contributed by atoms with Crippen molar-refractivity contribution in [1.29, 1.82) is 0 Å². The predicted octanol–water partition coefficient (Wildman–Crippen LogP) is 3.10. The molecule has 3 atom stereocenters. The predicted molar refractivity (Wildman–Crippen MR) is 137 cm³/mol. The Morgan fingerprint density at radius 3 is 2.11 bits per heavy atom. The molecule has 3 aliphatic rings. The quantitative estimate of drug-likeness (QED) is 0.467. The highest BCUT2D eigenvalue weighted by molar-refractivity contribution is 5.94. The molecule has 37 heavy (non-hydrogen) atoms. The van der Waals surface area contributed by atoms with Gasteiger partial charge in [0, 0.05) is 37.3 Å². The summed E-state index contributed by atoms with van der Waals surface area (Å²) in [5.41, 5.74) is 6.47. The molecule has 0 radical (unpaired) electrons. The number of nitrogens with zero attached hydrogens (tertiary/aromatic N) is 1. The Hall–Kier alpha value is -2.78. The number of esters is 2. The number of piperidine rings is 1. The highest BCUT2D eigenvalue weighted by atomic mass is 16.5. The van der Waals surface area contributed by atoms with Crippen LogP contribution in [0.5, 0.6) is 0 Å². The Kier molecular flexibility index (Phi) is 7.11. The zero-order valence-electron chi connectivity index (χ0n) is 21.8. The van der Waals surface area contributed by atoms with Crippen molar-refractivity contribution >= 4 is 11.9 Å². The van der Waals surface area contributed by atoms with Gasteiger partial charge in [0.25, 0.3) is 0 Å². The van der Waals surface area contributed by atoms with Gasteiger partial charge in [-0.2, -0.15) is 0 Å². The number of aliphatic hydroxyl groups is 2. The average Bonchev–Trinajstić information content (AvgIpc) is 3.43. The van der Waals surface area contributed by atoms with Crippen LogP contribution in [0.25, 0.3) is 0 Å². The molecule has 0 spiro atoms. The second-order valence-electron chi connectivity index (χ2n) is 11.1. The minimum absolute atomic E-state index is 0.0121. The van der Waals surface area contributed by atoms with E-state index in [1.807, 2.05) is 26.0 Å². The summed E-state index contributed by atoms with van der Waals surface area (Å²) in [6.07, 6.45) is 0.787. The largest absolute Gasteiger partial charge is 0.457 e. The zero-order valence-corrected chi connectivity index (χ0v) is 21.8. The summed E-state index contributed by atoms with van der Waals surface area (Å²) >= 11 is 0. The third-order valence-corrected chi connectivity index (χ3v) is 8.31. The van der Waals surface area contributed by atoms with Crippen LogP contribution in [-0.4, -0.2) is 59.8 Å². The molecule has 3 heterocycles. The van der Waals surface area contributed by atoms with Crippen LogP contribution in [0.4, 0.5) is 0 Å². The number of nitrogens with one attached hydrogen (secondary N) is 1. The number of aliphatic hydroxyl groups excluding tert-OH is 2. The van der Waals surface area contributed by atoms with Gasteiger partial charge in [-0.15, -0.1) is 0 Å². The number of likely N-dealkylation sites (tertiary alicyclic amines) is 1. The van der Waals surface area contributed by atoms with Crippen molar-refractivity contribution in [3.8, 4) is 0 Å². The normalized spacial score (nSPS) is 22.8. The lowest BCUT2D eigenvalue weighted by molar-refractivity contribution is 0.0500. The molecule has 0 bridgehead atoms. The van der Waals surface area contributed by atoms with Gasteiger partial charge in [0.1, 0.15) is 13.2 Å². The Morgan fingerprint density at radius 2 is 1.51 bits per heavy atom. The van der Waals surface area contributed by atoms with Gasteiger partial charge in [0.05, 0.1) is 23.3 Å². The molecule has 1 saturated heterocycles. The Balaban J connectivity index is 1.16. The van der Waals surface area contributed by atoms with E-state index in [0.717, 1.165) is 65.9 Å². The first-order valence-corrected chi connectivity index (χ1v) is 13.0. The number of rotatable bonds is 8. The second-order valence-corrected chi connectivity index (χ2v) is 11.1. The van der Waals surface area contributed by atoms with Gasteiger partial charge < -0.3 is 25.0 Å². The van der Waals surface area contributed by atoms with Gasteiger partial charge in [-0.1, -0.05) is 19.1 Å². The van der Waals surface area contributed by atoms with Gasteiger partial charge in [0.15, 0.2) is 0 Å². The van der Waals surface area contributed by atoms with E-state index in [-0.39, 0.29) is 30.6 Å². The lowest BCUT2D eigenvalue weighted by Gasteiger charge is -2.41. The number of cyclic esters (lactones) is 2. The van der Waals surface area contributed by atoms with Crippen molar-refractivity contribution < 1.29 is 29.3 Å². The topological polar surface area (TPSA) is 108 Å². The number of benzene rings is 2. The molecule has 8 heteroatoms. The van der Waals surface area contributed by atoms with Crippen LogP contribution in [0.1, 0.15) is 86.1 Å². The van der Waals surface area contributed by atoms with Crippen LogP contribution in [-0.2, 0) is 22.7 Å². The van der Waals surface area contributed by atoms with Crippen LogP contribution in [0.15, 0.2) is 24.3 Å². The van der Waals surface area contributed by atoms with Gasteiger partial charge >= 0.3 is 11.9 Å². The molecule has 3 aliphatic heterocycles. The van der Waals surface area contributed by atoms with Crippen LogP contribution < -0.4 is 5.32 Å². The van der Waals surface area contributed by atoms with Crippen molar-refractivity contribution in [2.45, 2.75) is 59.0 Å². The molecular formula is C29H36N2O6.